The van der Waals surface area contributed by atoms with Gasteiger partial charge in [0, 0.05) is 0 Å². The molecule has 0 spiro atoms. The number of halogens is 3. The van der Waals surface area contributed by atoms with E-state index in [1.54, 1.807) is 0 Å². The molecule has 0 saturated carbocycles. The molecule has 5 nitrogen and oxygen atoms in total. The summed E-state index contributed by atoms with van der Waals surface area (Å²) in [5, 5.41) is 10.2. The fourth-order valence-corrected chi connectivity index (χ4v) is 0.843. The number of hydrogen-bond acceptors (Lipinski definition) is 4. The van der Waals surface area contributed by atoms with Crippen LogP contribution in [0, 0.1) is 15.9 Å². The number of nitrogens with zero attached hydrogens (tertiary/aromatic N) is 2. The first kappa shape index (κ1) is 10.2. The van der Waals surface area contributed by atoms with E-state index < -0.39 is 34.2 Å². The lowest BCUT2D eigenvalue weighted by Gasteiger charge is -2.02. The monoisotopic (exact) mass is 207 g/mol. The predicted molar refractivity (Wildman–Crippen MR) is 40.2 cm³/mol. The summed E-state index contributed by atoms with van der Waals surface area (Å²) in [4.78, 5) is 12.0. The maximum absolute atomic E-state index is 13.0. The molecule has 76 valence electrons. The summed E-state index contributed by atoms with van der Waals surface area (Å²) in [6, 6.07) is 0. The number of aromatic nitrogens is 1. The largest absolute Gasteiger partial charge is 0.392 e. The number of hydrogen-bond donors (Lipinski definition) is 1. The van der Waals surface area contributed by atoms with Crippen molar-refractivity contribution in [3.05, 3.63) is 27.8 Å². The molecular formula is C6H4F3N3O2. The molecule has 1 aromatic heterocycles. The van der Waals surface area contributed by atoms with Crippen LogP contribution < -0.4 is 5.73 Å². The van der Waals surface area contributed by atoms with Gasteiger partial charge in [-0.2, -0.15) is 4.39 Å². The van der Waals surface area contributed by atoms with E-state index in [2.05, 4.69) is 4.98 Å². The van der Waals surface area contributed by atoms with Gasteiger partial charge in [0.1, 0.15) is 11.4 Å². The smallest absolute Gasteiger partial charge is 0.331 e. The quantitative estimate of drug-likeness (QED) is 0.590. The van der Waals surface area contributed by atoms with Gasteiger partial charge in [-0.15, -0.1) is 0 Å². The molecule has 1 heterocycles. The van der Waals surface area contributed by atoms with Crippen LogP contribution in [0.5, 0.6) is 0 Å². The van der Waals surface area contributed by atoms with Crippen molar-refractivity contribution in [3.8, 4) is 0 Å². The zero-order chi connectivity index (χ0) is 10.9. The van der Waals surface area contributed by atoms with Gasteiger partial charge in [0.05, 0.1) is 11.1 Å². The van der Waals surface area contributed by atoms with E-state index in [-0.39, 0.29) is 0 Å². The summed E-state index contributed by atoms with van der Waals surface area (Å²) in [7, 11) is 0. The van der Waals surface area contributed by atoms with Gasteiger partial charge in [-0.25, -0.2) is 13.8 Å². The predicted octanol–water partition coefficient (Wildman–Crippen LogP) is 1.65. The number of nitrogens with two attached hydrogens (primary N) is 1. The molecular weight excluding hydrogens is 203 g/mol. The second kappa shape index (κ2) is 3.48. The highest BCUT2D eigenvalue weighted by atomic mass is 19.3. The molecule has 8 heteroatoms. The van der Waals surface area contributed by atoms with Gasteiger partial charge >= 0.3 is 5.69 Å². The Balaban J connectivity index is 3.41. The number of pyridine rings is 1. The minimum atomic E-state index is -3.21. The van der Waals surface area contributed by atoms with E-state index in [1.165, 1.54) is 0 Å². The van der Waals surface area contributed by atoms with E-state index >= 15 is 0 Å². The van der Waals surface area contributed by atoms with Crippen molar-refractivity contribution in [2.45, 2.75) is 6.43 Å². The molecule has 0 aliphatic heterocycles. The van der Waals surface area contributed by atoms with Crippen molar-refractivity contribution < 1.29 is 18.1 Å². The zero-order valence-corrected chi connectivity index (χ0v) is 6.58. The summed E-state index contributed by atoms with van der Waals surface area (Å²) >= 11 is 0. The number of nitrogen functional groups attached to an aromatic ring is 1. The molecule has 1 rings (SSSR count). The topological polar surface area (TPSA) is 82.0 Å². The molecule has 0 aliphatic carbocycles. The first-order valence-corrected chi connectivity index (χ1v) is 3.31. The van der Waals surface area contributed by atoms with Crippen LogP contribution in [0.3, 0.4) is 0 Å². The first-order chi connectivity index (χ1) is 6.45. The molecule has 0 atom stereocenters. The SMILES string of the molecule is Nc1cnc(C(F)F)c(F)c1[N+](=O)[O-]. The average Bonchev–Trinajstić information content (AvgIpc) is 2.02. The Kier molecular flexibility index (Phi) is 2.54. The molecule has 0 saturated heterocycles. The van der Waals surface area contributed by atoms with Gasteiger partial charge in [-0.3, -0.25) is 10.1 Å². The van der Waals surface area contributed by atoms with Crippen LogP contribution in [0.1, 0.15) is 12.1 Å². The Hall–Kier alpha value is -1.86. The van der Waals surface area contributed by atoms with Crippen LogP contribution in [-0.4, -0.2) is 9.91 Å². The second-order valence-electron chi connectivity index (χ2n) is 2.32. The number of rotatable bonds is 2. The molecule has 0 fully saturated rings. The lowest BCUT2D eigenvalue weighted by molar-refractivity contribution is -0.386. The third kappa shape index (κ3) is 1.58. The number of nitro groups is 1. The van der Waals surface area contributed by atoms with Gasteiger partial charge in [-0.05, 0) is 0 Å². The summed E-state index contributed by atoms with van der Waals surface area (Å²) in [6.07, 6.45) is -2.59. The highest BCUT2D eigenvalue weighted by molar-refractivity contribution is 5.57. The fraction of sp³-hybridized carbons (Fsp3) is 0.167. The van der Waals surface area contributed by atoms with Gasteiger partial charge in [0.15, 0.2) is 0 Å². The van der Waals surface area contributed by atoms with Crippen LogP contribution in [-0.2, 0) is 0 Å². The second-order valence-corrected chi connectivity index (χ2v) is 2.32. The van der Waals surface area contributed by atoms with Crippen LogP contribution in [0.15, 0.2) is 6.20 Å². The molecule has 1 aromatic rings. The number of anilines is 1. The van der Waals surface area contributed by atoms with Crippen LogP contribution in [0.25, 0.3) is 0 Å². The highest BCUT2D eigenvalue weighted by Gasteiger charge is 2.27. The van der Waals surface area contributed by atoms with Crippen molar-refractivity contribution in [2.24, 2.45) is 0 Å². The Bertz CT molecular complexity index is 383. The average molecular weight is 207 g/mol. The molecule has 14 heavy (non-hydrogen) atoms. The molecule has 0 amide bonds. The summed E-state index contributed by atoms with van der Waals surface area (Å²) in [5.41, 5.74) is 1.97. The van der Waals surface area contributed by atoms with Crippen LogP contribution in [0.4, 0.5) is 24.5 Å². The van der Waals surface area contributed by atoms with E-state index in [4.69, 9.17) is 5.73 Å². The molecule has 0 bridgehead atoms. The highest BCUT2D eigenvalue weighted by Crippen LogP contribution is 2.30. The van der Waals surface area contributed by atoms with Crippen molar-refractivity contribution in [3.63, 3.8) is 0 Å². The Morgan fingerprint density at radius 3 is 2.57 bits per heavy atom. The van der Waals surface area contributed by atoms with Crippen molar-refractivity contribution in [2.75, 3.05) is 5.73 Å². The van der Waals surface area contributed by atoms with Gasteiger partial charge in [-0.1, -0.05) is 0 Å². The Morgan fingerprint density at radius 2 is 2.14 bits per heavy atom. The van der Waals surface area contributed by atoms with Gasteiger partial charge in [0.2, 0.25) is 5.82 Å². The third-order valence-corrected chi connectivity index (χ3v) is 1.44. The van der Waals surface area contributed by atoms with Gasteiger partial charge < -0.3 is 5.73 Å². The molecule has 0 aromatic carbocycles. The van der Waals surface area contributed by atoms with Crippen molar-refractivity contribution in [1.29, 1.82) is 0 Å². The molecule has 0 radical (unpaired) electrons. The molecule has 0 unspecified atom stereocenters. The summed E-state index contributed by atoms with van der Waals surface area (Å²) in [5.74, 6) is -1.69. The Morgan fingerprint density at radius 1 is 1.57 bits per heavy atom. The lowest BCUT2D eigenvalue weighted by Crippen LogP contribution is -2.05. The van der Waals surface area contributed by atoms with Crippen LogP contribution in [0.2, 0.25) is 0 Å². The lowest BCUT2D eigenvalue weighted by atomic mass is 10.3. The maximum Gasteiger partial charge on any atom is 0.331 e. The minimum absolute atomic E-state index is 0.586. The van der Waals surface area contributed by atoms with E-state index in [0.717, 1.165) is 0 Å². The zero-order valence-electron chi connectivity index (χ0n) is 6.58. The van der Waals surface area contributed by atoms with Gasteiger partial charge in [0.25, 0.3) is 6.43 Å². The van der Waals surface area contributed by atoms with E-state index in [9.17, 15) is 23.3 Å². The molecule has 0 aliphatic rings. The fourth-order valence-electron chi connectivity index (χ4n) is 0.843. The van der Waals surface area contributed by atoms with E-state index in [1.807, 2.05) is 0 Å². The standard InChI is InChI=1S/C6H4F3N3O2/c7-3-4(6(8)9)11-1-2(10)5(3)12(13)14/h1,6H,10H2. The third-order valence-electron chi connectivity index (χ3n) is 1.44. The first-order valence-electron chi connectivity index (χ1n) is 3.31. The van der Waals surface area contributed by atoms with Crippen LogP contribution >= 0.6 is 0 Å². The summed E-state index contributed by atoms with van der Waals surface area (Å²) in [6.45, 7) is 0. The minimum Gasteiger partial charge on any atom is -0.392 e. The van der Waals surface area contributed by atoms with Crippen molar-refractivity contribution in [1.82, 2.24) is 4.98 Å². The normalized spacial score (nSPS) is 10.6. The number of alkyl halides is 2. The summed E-state index contributed by atoms with van der Waals surface area (Å²) < 4.78 is 37.0. The maximum atomic E-state index is 13.0. The van der Waals surface area contributed by atoms with E-state index in [0.29, 0.717) is 6.20 Å². The molecule has 2 N–H and O–H groups in total. The van der Waals surface area contributed by atoms with Crippen molar-refractivity contribution >= 4 is 11.4 Å². The Labute approximate surface area is 75.5 Å².